The van der Waals surface area contributed by atoms with Gasteiger partial charge in [-0.25, -0.2) is 0 Å². The van der Waals surface area contributed by atoms with E-state index >= 15 is 0 Å². The van der Waals surface area contributed by atoms with E-state index in [-0.39, 0.29) is 5.97 Å². The Morgan fingerprint density at radius 1 is 1.44 bits per heavy atom. The third-order valence-corrected chi connectivity index (χ3v) is 2.96. The Bertz CT molecular complexity index is 209. The van der Waals surface area contributed by atoms with Gasteiger partial charge in [0.1, 0.15) is 5.54 Å². The summed E-state index contributed by atoms with van der Waals surface area (Å²) in [7, 11) is 3.53. The minimum atomic E-state index is -0.544. The molecule has 1 N–H and O–H groups in total. The fourth-order valence-electron chi connectivity index (χ4n) is 1.74. The number of nitrogens with one attached hydrogen (secondary N) is 1. The minimum absolute atomic E-state index is 0.173. The van der Waals surface area contributed by atoms with Crippen molar-refractivity contribution in [3.8, 4) is 0 Å². The van der Waals surface area contributed by atoms with Crippen LogP contribution in [0.15, 0.2) is 0 Å². The summed E-state index contributed by atoms with van der Waals surface area (Å²) >= 11 is 0. The number of esters is 1. The number of likely N-dealkylation sites (N-methyl/N-ethyl adjacent to an activating group) is 1. The van der Waals surface area contributed by atoms with Gasteiger partial charge in [-0.15, -0.1) is 0 Å². The molecule has 0 aliphatic heterocycles. The number of carbonyl (C=O) groups excluding carboxylic acids is 1. The fourth-order valence-corrected chi connectivity index (χ4v) is 1.74. The van der Waals surface area contributed by atoms with E-state index in [4.69, 9.17) is 4.74 Å². The van der Waals surface area contributed by atoms with E-state index in [0.717, 1.165) is 32.5 Å². The van der Waals surface area contributed by atoms with Crippen molar-refractivity contribution in [3.63, 3.8) is 0 Å². The van der Waals surface area contributed by atoms with E-state index in [2.05, 4.69) is 24.2 Å². The van der Waals surface area contributed by atoms with Crippen molar-refractivity contribution in [1.29, 1.82) is 0 Å². The summed E-state index contributed by atoms with van der Waals surface area (Å²) in [5.41, 5.74) is -0.544. The second-order valence-corrected chi connectivity index (χ2v) is 4.35. The average Bonchev–Trinajstić information content (AvgIpc) is 2.27. The van der Waals surface area contributed by atoms with Gasteiger partial charge in [0.2, 0.25) is 0 Å². The Morgan fingerprint density at radius 2 is 2.06 bits per heavy atom. The zero-order valence-electron chi connectivity index (χ0n) is 11.3. The van der Waals surface area contributed by atoms with E-state index in [0.29, 0.717) is 0 Å². The Balaban J connectivity index is 4.17. The zero-order chi connectivity index (χ0) is 12.6. The first-order valence-electron chi connectivity index (χ1n) is 6.02. The molecule has 0 spiro atoms. The van der Waals surface area contributed by atoms with Gasteiger partial charge in [-0.05, 0) is 46.4 Å². The van der Waals surface area contributed by atoms with E-state index < -0.39 is 5.54 Å². The second kappa shape index (κ2) is 7.63. The third kappa shape index (κ3) is 4.94. The van der Waals surface area contributed by atoms with Crippen molar-refractivity contribution in [3.05, 3.63) is 0 Å². The predicted molar refractivity (Wildman–Crippen MR) is 66.5 cm³/mol. The van der Waals surface area contributed by atoms with Crippen molar-refractivity contribution in [2.45, 2.75) is 39.2 Å². The molecule has 0 aromatic rings. The van der Waals surface area contributed by atoms with Crippen LogP contribution in [-0.2, 0) is 9.53 Å². The maximum absolute atomic E-state index is 11.7. The smallest absolute Gasteiger partial charge is 0.325 e. The maximum Gasteiger partial charge on any atom is 0.325 e. The first-order valence-corrected chi connectivity index (χ1v) is 6.02. The Kier molecular flexibility index (Phi) is 7.34. The number of ether oxygens (including phenoxy) is 1. The quantitative estimate of drug-likeness (QED) is 0.637. The highest BCUT2D eigenvalue weighted by atomic mass is 16.5. The van der Waals surface area contributed by atoms with Gasteiger partial charge < -0.3 is 15.0 Å². The third-order valence-electron chi connectivity index (χ3n) is 2.96. The SMILES string of the molecule is CCNC(C)(CCCN(C)CC)C(=O)OC. The molecule has 0 rings (SSSR count). The van der Waals surface area contributed by atoms with Crippen LogP contribution in [-0.4, -0.2) is 50.2 Å². The second-order valence-electron chi connectivity index (χ2n) is 4.35. The molecule has 0 bridgehead atoms. The maximum atomic E-state index is 11.7. The number of hydrogen-bond donors (Lipinski definition) is 1. The molecule has 1 atom stereocenters. The van der Waals surface area contributed by atoms with Gasteiger partial charge in [0.05, 0.1) is 7.11 Å². The summed E-state index contributed by atoms with van der Waals surface area (Å²) in [5.74, 6) is -0.173. The van der Waals surface area contributed by atoms with Crippen molar-refractivity contribution in [2.24, 2.45) is 0 Å². The van der Waals surface area contributed by atoms with Gasteiger partial charge in [-0.1, -0.05) is 13.8 Å². The number of hydrogen-bond acceptors (Lipinski definition) is 4. The monoisotopic (exact) mass is 230 g/mol. The standard InChI is InChI=1S/C12H26N2O2/c1-6-13-12(3,11(15)16-5)9-8-10-14(4)7-2/h13H,6-10H2,1-5H3. The average molecular weight is 230 g/mol. The molecule has 96 valence electrons. The van der Waals surface area contributed by atoms with Crippen LogP contribution in [0.1, 0.15) is 33.6 Å². The largest absolute Gasteiger partial charge is 0.468 e. The lowest BCUT2D eigenvalue weighted by Gasteiger charge is -2.28. The molecule has 0 aromatic carbocycles. The molecule has 4 nitrogen and oxygen atoms in total. The Morgan fingerprint density at radius 3 is 2.50 bits per heavy atom. The molecule has 1 unspecified atom stereocenters. The van der Waals surface area contributed by atoms with Crippen molar-refractivity contribution in [1.82, 2.24) is 10.2 Å². The first kappa shape index (κ1) is 15.4. The first-order chi connectivity index (χ1) is 7.50. The molecule has 0 aromatic heterocycles. The van der Waals surface area contributed by atoms with E-state index in [1.54, 1.807) is 0 Å². The van der Waals surface area contributed by atoms with E-state index in [1.807, 2.05) is 13.8 Å². The Hall–Kier alpha value is -0.610. The molecule has 0 fully saturated rings. The summed E-state index contributed by atoms with van der Waals surface area (Å²) < 4.78 is 4.84. The van der Waals surface area contributed by atoms with Crippen molar-refractivity contribution < 1.29 is 9.53 Å². The van der Waals surface area contributed by atoms with Crippen molar-refractivity contribution >= 4 is 5.97 Å². The van der Waals surface area contributed by atoms with Crippen LogP contribution in [0.4, 0.5) is 0 Å². The highest BCUT2D eigenvalue weighted by Crippen LogP contribution is 2.14. The van der Waals surface area contributed by atoms with Crippen molar-refractivity contribution in [2.75, 3.05) is 33.8 Å². The molecule has 4 heteroatoms. The zero-order valence-corrected chi connectivity index (χ0v) is 11.3. The van der Waals surface area contributed by atoms with Crippen LogP contribution in [0.25, 0.3) is 0 Å². The Labute approximate surface area is 99.3 Å². The van der Waals surface area contributed by atoms with Gasteiger partial charge in [-0.2, -0.15) is 0 Å². The molecule has 0 aliphatic rings. The minimum Gasteiger partial charge on any atom is -0.468 e. The number of nitrogens with zero attached hydrogens (tertiary/aromatic N) is 1. The normalized spacial score (nSPS) is 14.9. The molecule has 0 saturated heterocycles. The van der Waals surface area contributed by atoms with E-state index in [9.17, 15) is 4.79 Å². The summed E-state index contributed by atoms with van der Waals surface area (Å²) in [5, 5.41) is 3.21. The number of methoxy groups -OCH3 is 1. The molecular formula is C12H26N2O2. The van der Waals surface area contributed by atoms with Gasteiger partial charge in [0, 0.05) is 0 Å². The summed E-state index contributed by atoms with van der Waals surface area (Å²) in [6.07, 6.45) is 1.79. The predicted octanol–water partition coefficient (Wildman–Crippen LogP) is 1.26. The van der Waals surface area contributed by atoms with Crippen LogP contribution < -0.4 is 5.32 Å². The van der Waals surface area contributed by atoms with Gasteiger partial charge >= 0.3 is 5.97 Å². The van der Waals surface area contributed by atoms with Gasteiger partial charge in [0.25, 0.3) is 0 Å². The summed E-state index contributed by atoms with van der Waals surface area (Å²) in [6.45, 7) is 8.86. The molecular weight excluding hydrogens is 204 g/mol. The molecule has 0 saturated carbocycles. The topological polar surface area (TPSA) is 41.6 Å². The lowest BCUT2D eigenvalue weighted by molar-refractivity contribution is -0.148. The van der Waals surface area contributed by atoms with Crippen LogP contribution in [0, 0.1) is 0 Å². The number of carbonyl (C=O) groups is 1. The molecule has 0 aliphatic carbocycles. The van der Waals surface area contributed by atoms with Crippen LogP contribution in [0.2, 0.25) is 0 Å². The molecule has 0 heterocycles. The van der Waals surface area contributed by atoms with Crippen LogP contribution >= 0.6 is 0 Å². The highest BCUT2D eigenvalue weighted by molar-refractivity contribution is 5.80. The highest BCUT2D eigenvalue weighted by Gasteiger charge is 2.32. The molecule has 16 heavy (non-hydrogen) atoms. The van der Waals surface area contributed by atoms with Gasteiger partial charge in [0.15, 0.2) is 0 Å². The van der Waals surface area contributed by atoms with Crippen LogP contribution in [0.3, 0.4) is 0 Å². The lowest BCUT2D eigenvalue weighted by atomic mass is 9.95. The van der Waals surface area contributed by atoms with E-state index in [1.165, 1.54) is 7.11 Å². The molecule has 0 radical (unpaired) electrons. The summed E-state index contributed by atoms with van der Waals surface area (Å²) in [6, 6.07) is 0. The summed E-state index contributed by atoms with van der Waals surface area (Å²) in [4.78, 5) is 13.9. The van der Waals surface area contributed by atoms with Gasteiger partial charge in [-0.3, -0.25) is 4.79 Å². The molecule has 0 amide bonds. The fraction of sp³-hybridized carbons (Fsp3) is 0.917. The van der Waals surface area contributed by atoms with Crippen LogP contribution in [0.5, 0.6) is 0 Å². The lowest BCUT2D eigenvalue weighted by Crippen LogP contribution is -2.50. The number of rotatable bonds is 8.